The van der Waals surface area contributed by atoms with Crippen molar-refractivity contribution in [3.8, 4) is 5.75 Å². The molecule has 1 aliphatic rings. The molecule has 1 aromatic carbocycles. The van der Waals surface area contributed by atoms with Crippen LogP contribution < -0.4 is 5.56 Å². The second-order valence-electron chi connectivity index (χ2n) is 9.20. The molecular formula is C25H32FN5O5. The summed E-state index contributed by atoms with van der Waals surface area (Å²) in [5.74, 6) is -2.98. The van der Waals surface area contributed by atoms with Crippen molar-refractivity contribution in [1.82, 2.24) is 24.3 Å². The van der Waals surface area contributed by atoms with Gasteiger partial charge in [0.15, 0.2) is 11.5 Å². The zero-order chi connectivity index (χ0) is 26.7. The van der Waals surface area contributed by atoms with E-state index in [1.54, 1.807) is 26.0 Å². The second kappa shape index (κ2) is 11.0. The van der Waals surface area contributed by atoms with E-state index in [1.807, 2.05) is 11.9 Å². The fraction of sp³-hybridized carbons (Fsp3) is 0.480. The molecule has 194 valence electrons. The number of amides is 2. The van der Waals surface area contributed by atoms with Crippen LogP contribution in [0.2, 0.25) is 0 Å². The van der Waals surface area contributed by atoms with Crippen molar-refractivity contribution in [2.75, 3.05) is 40.8 Å². The molecule has 0 radical (unpaired) electrons. The van der Waals surface area contributed by atoms with Gasteiger partial charge in [0, 0.05) is 46.7 Å². The Balaban J connectivity index is 2.01. The van der Waals surface area contributed by atoms with Crippen molar-refractivity contribution in [1.29, 1.82) is 0 Å². The number of aryl methyl sites for hydroxylation is 2. The molecule has 1 unspecified atom stereocenters. The molecule has 1 aromatic heterocycles. The number of ketones is 1. The summed E-state index contributed by atoms with van der Waals surface area (Å²) in [7, 11) is 4.76. The molecular weight excluding hydrogens is 469 g/mol. The molecule has 10 nitrogen and oxygen atoms in total. The zero-order valence-corrected chi connectivity index (χ0v) is 21.2. The van der Waals surface area contributed by atoms with Gasteiger partial charge in [0.05, 0.1) is 0 Å². The van der Waals surface area contributed by atoms with Crippen LogP contribution in [0.1, 0.15) is 46.8 Å². The first-order valence-electron chi connectivity index (χ1n) is 11.8. The molecule has 1 N–H and O–H groups in total. The van der Waals surface area contributed by atoms with E-state index < -0.39 is 34.9 Å². The number of aromatic nitrogens is 2. The van der Waals surface area contributed by atoms with Gasteiger partial charge in [0.2, 0.25) is 5.75 Å². The third kappa shape index (κ3) is 5.46. The van der Waals surface area contributed by atoms with E-state index in [-0.39, 0.29) is 49.8 Å². The normalized spacial score (nSPS) is 15.7. The molecule has 0 saturated carbocycles. The van der Waals surface area contributed by atoms with Gasteiger partial charge in [-0.25, -0.2) is 9.37 Å². The number of rotatable bonds is 6. The molecule has 2 aromatic rings. The van der Waals surface area contributed by atoms with Gasteiger partial charge in [-0.05, 0) is 44.5 Å². The van der Waals surface area contributed by atoms with E-state index in [0.29, 0.717) is 12.1 Å². The van der Waals surface area contributed by atoms with E-state index in [4.69, 9.17) is 0 Å². The van der Waals surface area contributed by atoms with Gasteiger partial charge in [-0.1, -0.05) is 12.1 Å². The van der Waals surface area contributed by atoms with E-state index >= 15 is 0 Å². The van der Waals surface area contributed by atoms with E-state index in [9.17, 15) is 28.7 Å². The Morgan fingerprint density at radius 1 is 1.19 bits per heavy atom. The van der Waals surface area contributed by atoms with Crippen LogP contribution in [0.4, 0.5) is 4.39 Å². The minimum Gasteiger partial charge on any atom is -0.501 e. The summed E-state index contributed by atoms with van der Waals surface area (Å²) >= 11 is 0. The summed E-state index contributed by atoms with van der Waals surface area (Å²) < 4.78 is 14.8. The molecule has 1 aliphatic heterocycles. The van der Waals surface area contributed by atoms with Crippen molar-refractivity contribution in [3.63, 3.8) is 0 Å². The summed E-state index contributed by atoms with van der Waals surface area (Å²) in [6.07, 6.45) is 0.206. The largest absolute Gasteiger partial charge is 0.501 e. The van der Waals surface area contributed by atoms with Gasteiger partial charge in [-0.3, -0.25) is 23.7 Å². The number of benzene rings is 1. The summed E-state index contributed by atoms with van der Waals surface area (Å²) in [5, 5.41) is 10.6. The Morgan fingerprint density at radius 3 is 2.50 bits per heavy atom. The minimum atomic E-state index is -0.793. The van der Waals surface area contributed by atoms with Gasteiger partial charge in [0.25, 0.3) is 5.56 Å². The first kappa shape index (κ1) is 27.0. The number of nitrogens with zero attached hydrogens (tertiary/aromatic N) is 5. The molecule has 1 atom stereocenters. The van der Waals surface area contributed by atoms with Crippen LogP contribution in [0.15, 0.2) is 23.0 Å². The van der Waals surface area contributed by atoms with Gasteiger partial charge in [-0.15, -0.1) is 0 Å². The highest BCUT2D eigenvalue weighted by molar-refractivity contribution is 6.34. The second-order valence-corrected chi connectivity index (χ2v) is 9.20. The fourth-order valence-electron chi connectivity index (χ4n) is 4.26. The molecule has 0 spiro atoms. The number of halogens is 1. The maximum atomic E-state index is 13.6. The third-order valence-corrected chi connectivity index (χ3v) is 6.36. The third-order valence-electron chi connectivity index (χ3n) is 6.36. The van der Waals surface area contributed by atoms with Crippen LogP contribution in [0.3, 0.4) is 0 Å². The average Bonchev–Trinajstić information content (AvgIpc) is 3.00. The molecule has 3 rings (SSSR count). The summed E-state index contributed by atoms with van der Waals surface area (Å²) in [6.45, 7) is 4.42. The molecule has 0 aliphatic carbocycles. The van der Waals surface area contributed by atoms with E-state index in [2.05, 4.69) is 4.98 Å². The summed E-state index contributed by atoms with van der Waals surface area (Å²) in [4.78, 5) is 60.4. The predicted octanol–water partition coefficient (Wildman–Crippen LogP) is 1.14. The van der Waals surface area contributed by atoms with Gasteiger partial charge in [0.1, 0.15) is 17.7 Å². The Bertz CT molecular complexity index is 1240. The summed E-state index contributed by atoms with van der Waals surface area (Å²) in [5.41, 5.74) is 0.0382. The lowest BCUT2D eigenvalue weighted by Gasteiger charge is -2.32. The smallest absolute Gasteiger partial charge is 0.312 e. The van der Waals surface area contributed by atoms with Crippen molar-refractivity contribution >= 4 is 17.6 Å². The van der Waals surface area contributed by atoms with Crippen LogP contribution in [0, 0.1) is 12.7 Å². The number of aromatic hydroxyl groups is 1. The van der Waals surface area contributed by atoms with Crippen LogP contribution >= 0.6 is 0 Å². The monoisotopic (exact) mass is 501 g/mol. The fourth-order valence-corrected chi connectivity index (χ4v) is 4.26. The number of carbonyl (C=O) groups excluding carboxylic acids is 3. The Kier molecular flexibility index (Phi) is 8.24. The van der Waals surface area contributed by atoms with Crippen molar-refractivity contribution in [2.45, 2.75) is 39.3 Å². The molecule has 36 heavy (non-hydrogen) atoms. The lowest BCUT2D eigenvalue weighted by molar-refractivity contribution is -0.152. The van der Waals surface area contributed by atoms with Crippen molar-refractivity contribution in [3.05, 3.63) is 57.0 Å². The number of likely N-dealkylation sites (N-methyl/N-ethyl adjacent to an activating group) is 3. The van der Waals surface area contributed by atoms with Crippen LogP contribution in [0.5, 0.6) is 5.75 Å². The zero-order valence-electron chi connectivity index (χ0n) is 21.2. The van der Waals surface area contributed by atoms with Gasteiger partial charge >= 0.3 is 11.8 Å². The minimum absolute atomic E-state index is 0.0609. The first-order chi connectivity index (χ1) is 17.0. The SMILES string of the molecule is CCN(C(=O)C(=O)N(C)C)C1CN(C)CCn2c1nc(C(=O)CCc1ccc(F)c(C)c1)c(O)c2=O. The van der Waals surface area contributed by atoms with Crippen LogP contribution in [-0.2, 0) is 22.6 Å². The maximum Gasteiger partial charge on any atom is 0.312 e. The first-order valence-corrected chi connectivity index (χ1v) is 11.8. The van der Waals surface area contributed by atoms with Crippen LogP contribution in [0.25, 0.3) is 0 Å². The average molecular weight is 502 g/mol. The standard InChI is InChI=1S/C25H32FN5O5/c1-6-30(25(36)24(35)28(3)4)18-14-29(5)11-12-31-22(18)27-20(21(33)23(31)34)19(32)10-8-16-7-9-17(26)15(2)13-16/h7,9,13,18,33H,6,8,10-12,14H2,1-5H3. The van der Waals surface area contributed by atoms with E-state index in [1.165, 1.54) is 34.5 Å². The lowest BCUT2D eigenvalue weighted by atomic mass is 10.0. The molecule has 11 heteroatoms. The number of carbonyl (C=O) groups is 3. The summed E-state index contributed by atoms with van der Waals surface area (Å²) in [6, 6.07) is 3.75. The Labute approximate surface area is 208 Å². The van der Waals surface area contributed by atoms with Crippen LogP contribution in [-0.4, -0.2) is 87.7 Å². The number of Topliss-reactive ketones (excluding diaryl/α,β-unsaturated/α-hetero) is 1. The highest BCUT2D eigenvalue weighted by Crippen LogP contribution is 2.25. The number of hydrogen-bond acceptors (Lipinski definition) is 7. The molecule has 2 amide bonds. The van der Waals surface area contributed by atoms with Crippen molar-refractivity contribution in [2.24, 2.45) is 0 Å². The highest BCUT2D eigenvalue weighted by atomic mass is 19.1. The Morgan fingerprint density at radius 2 is 1.89 bits per heavy atom. The number of fused-ring (bicyclic) bond motifs is 1. The van der Waals surface area contributed by atoms with E-state index in [0.717, 1.165) is 5.56 Å². The van der Waals surface area contributed by atoms with Crippen molar-refractivity contribution < 1.29 is 23.9 Å². The molecule has 0 bridgehead atoms. The predicted molar refractivity (Wildman–Crippen MR) is 130 cm³/mol. The topological polar surface area (TPSA) is 116 Å². The van der Waals surface area contributed by atoms with Gasteiger partial charge < -0.3 is 19.8 Å². The van der Waals surface area contributed by atoms with Gasteiger partial charge in [-0.2, -0.15) is 0 Å². The number of hydrogen-bond donors (Lipinski definition) is 1. The molecule has 0 saturated heterocycles. The lowest BCUT2D eigenvalue weighted by Crippen LogP contribution is -2.47. The molecule has 0 fully saturated rings. The Hall–Kier alpha value is -3.60. The molecule has 2 heterocycles. The maximum absolute atomic E-state index is 13.6. The highest BCUT2D eigenvalue weighted by Gasteiger charge is 2.36. The quantitative estimate of drug-likeness (QED) is 0.466.